The molecule has 0 spiro atoms. The molecule has 12 heavy (non-hydrogen) atoms. The first kappa shape index (κ1) is 8.71. The van der Waals surface area contributed by atoms with Crippen LogP contribution in [0.4, 0.5) is 0 Å². The first-order valence-corrected chi connectivity index (χ1v) is 4.07. The van der Waals surface area contributed by atoms with Crippen molar-refractivity contribution in [2.24, 2.45) is 5.73 Å². The topological polar surface area (TPSA) is 50.1 Å². The van der Waals surface area contributed by atoms with Crippen LogP contribution in [0.15, 0.2) is 35.8 Å². The Morgan fingerprint density at radius 2 is 2.25 bits per heavy atom. The Morgan fingerprint density at radius 1 is 1.42 bits per heavy atom. The molecule has 3 heteroatoms. The zero-order valence-corrected chi connectivity index (χ0v) is 7.30. The maximum Gasteiger partial charge on any atom is 0.0332 e. The van der Waals surface area contributed by atoms with Crippen LogP contribution in [-0.2, 0) is 0 Å². The Kier molecular flexibility index (Phi) is 3.26. The van der Waals surface area contributed by atoms with Crippen molar-refractivity contribution in [1.29, 1.82) is 0 Å². The first-order chi connectivity index (χ1) is 5.83. The van der Waals surface area contributed by atoms with E-state index in [-0.39, 0.29) is 0 Å². The van der Waals surface area contributed by atoms with Crippen molar-refractivity contribution in [3.05, 3.63) is 35.8 Å². The summed E-state index contributed by atoms with van der Waals surface area (Å²) in [5, 5.41) is 0. The van der Waals surface area contributed by atoms with Crippen molar-refractivity contribution < 1.29 is 0 Å². The molecule has 0 fully saturated rings. The highest BCUT2D eigenvalue weighted by atomic mass is 15.3. The van der Waals surface area contributed by atoms with E-state index in [0.29, 0.717) is 0 Å². The molecule has 66 valence electrons. The second-order valence-electron chi connectivity index (χ2n) is 2.83. The van der Waals surface area contributed by atoms with Crippen LogP contribution >= 0.6 is 0 Å². The summed E-state index contributed by atoms with van der Waals surface area (Å²) in [6.45, 7) is 2.14. The Hall–Kier alpha value is -1.38. The van der Waals surface area contributed by atoms with Crippen molar-refractivity contribution in [3.8, 4) is 0 Å². The van der Waals surface area contributed by atoms with Crippen molar-refractivity contribution in [2.45, 2.75) is 19.8 Å². The summed E-state index contributed by atoms with van der Waals surface area (Å²) in [5.41, 5.74) is 13.7. The van der Waals surface area contributed by atoms with Gasteiger partial charge in [-0.15, -0.1) is 0 Å². The third-order valence-corrected chi connectivity index (χ3v) is 1.77. The highest BCUT2D eigenvalue weighted by Gasteiger charge is 2.00. The van der Waals surface area contributed by atoms with E-state index < -0.39 is 0 Å². The lowest BCUT2D eigenvalue weighted by molar-refractivity contribution is 0.676. The van der Waals surface area contributed by atoms with Gasteiger partial charge in [0.15, 0.2) is 0 Å². The molecular weight excluding hydrogens is 150 g/mol. The average Bonchev–Trinajstić information content (AvgIpc) is 2.09. The van der Waals surface area contributed by atoms with Crippen LogP contribution < -0.4 is 16.6 Å². The molecule has 1 aliphatic rings. The number of hydrogen-bond donors (Lipinski definition) is 3. The molecule has 0 aromatic rings. The van der Waals surface area contributed by atoms with E-state index in [1.165, 1.54) is 17.5 Å². The van der Waals surface area contributed by atoms with E-state index in [1.54, 1.807) is 6.20 Å². The summed E-state index contributed by atoms with van der Waals surface area (Å²) < 4.78 is 0. The van der Waals surface area contributed by atoms with Crippen molar-refractivity contribution in [1.82, 2.24) is 10.9 Å². The summed E-state index contributed by atoms with van der Waals surface area (Å²) >= 11 is 0. The molecular formula is C9H15N3. The minimum absolute atomic E-state index is 1.06. The van der Waals surface area contributed by atoms with Crippen LogP contribution in [0, 0.1) is 0 Å². The molecule has 0 aromatic heterocycles. The molecule has 4 N–H and O–H groups in total. The van der Waals surface area contributed by atoms with Gasteiger partial charge in [-0.3, -0.25) is 0 Å². The van der Waals surface area contributed by atoms with E-state index in [0.717, 1.165) is 12.8 Å². The lowest BCUT2D eigenvalue weighted by Gasteiger charge is -2.13. The van der Waals surface area contributed by atoms with Crippen molar-refractivity contribution in [2.75, 3.05) is 0 Å². The number of hydrazine groups is 1. The zero-order valence-electron chi connectivity index (χ0n) is 7.30. The molecule has 0 unspecified atom stereocenters. The lowest BCUT2D eigenvalue weighted by atomic mass is 10.0. The molecule has 1 aliphatic carbocycles. The summed E-state index contributed by atoms with van der Waals surface area (Å²) in [6.07, 6.45) is 9.51. The van der Waals surface area contributed by atoms with Gasteiger partial charge in [-0.2, -0.15) is 0 Å². The summed E-state index contributed by atoms with van der Waals surface area (Å²) in [5.74, 6) is 0. The monoisotopic (exact) mass is 165 g/mol. The number of rotatable bonds is 3. The van der Waals surface area contributed by atoms with Gasteiger partial charge in [0.25, 0.3) is 0 Å². The van der Waals surface area contributed by atoms with Crippen LogP contribution in [0.5, 0.6) is 0 Å². The van der Waals surface area contributed by atoms with Crippen molar-refractivity contribution in [3.63, 3.8) is 0 Å². The van der Waals surface area contributed by atoms with E-state index in [9.17, 15) is 0 Å². The minimum Gasteiger partial charge on any atom is -0.403 e. The van der Waals surface area contributed by atoms with Crippen LogP contribution in [0.1, 0.15) is 19.8 Å². The predicted molar refractivity (Wildman–Crippen MR) is 50.7 cm³/mol. The van der Waals surface area contributed by atoms with E-state index in [2.05, 4.69) is 29.9 Å². The molecule has 0 amide bonds. The maximum absolute atomic E-state index is 5.15. The van der Waals surface area contributed by atoms with E-state index in [1.807, 2.05) is 0 Å². The van der Waals surface area contributed by atoms with Gasteiger partial charge >= 0.3 is 0 Å². The third kappa shape index (κ3) is 2.70. The lowest BCUT2D eigenvalue weighted by Crippen LogP contribution is -2.26. The number of hydrogen-bond acceptors (Lipinski definition) is 3. The Labute approximate surface area is 73.0 Å². The smallest absolute Gasteiger partial charge is 0.0332 e. The summed E-state index contributed by atoms with van der Waals surface area (Å²) in [4.78, 5) is 0. The SMILES string of the molecule is CC1=CC=C(NN/C=C\N)CC1. The average molecular weight is 165 g/mol. The maximum atomic E-state index is 5.15. The largest absolute Gasteiger partial charge is 0.403 e. The molecule has 0 radical (unpaired) electrons. The molecule has 0 heterocycles. The highest BCUT2D eigenvalue weighted by Crippen LogP contribution is 2.14. The second kappa shape index (κ2) is 4.49. The predicted octanol–water partition coefficient (Wildman–Crippen LogP) is 1.13. The van der Waals surface area contributed by atoms with Crippen LogP contribution in [0.2, 0.25) is 0 Å². The first-order valence-electron chi connectivity index (χ1n) is 4.07. The van der Waals surface area contributed by atoms with Crippen LogP contribution in [0.3, 0.4) is 0 Å². The zero-order chi connectivity index (χ0) is 8.81. The molecule has 0 bridgehead atoms. The van der Waals surface area contributed by atoms with Gasteiger partial charge in [-0.1, -0.05) is 11.6 Å². The summed E-state index contributed by atoms with van der Waals surface area (Å²) in [7, 11) is 0. The molecule has 0 aliphatic heterocycles. The van der Waals surface area contributed by atoms with E-state index in [4.69, 9.17) is 5.73 Å². The third-order valence-electron chi connectivity index (χ3n) is 1.77. The minimum atomic E-state index is 1.06. The molecule has 1 rings (SSSR count). The Bertz CT molecular complexity index is 226. The van der Waals surface area contributed by atoms with Gasteiger partial charge in [0.05, 0.1) is 0 Å². The molecule has 0 aromatic carbocycles. The fourth-order valence-electron chi connectivity index (χ4n) is 1.03. The van der Waals surface area contributed by atoms with Gasteiger partial charge in [-0.25, -0.2) is 0 Å². The highest BCUT2D eigenvalue weighted by molar-refractivity contribution is 5.21. The number of nitrogens with one attached hydrogen (secondary N) is 2. The molecule has 0 saturated carbocycles. The quantitative estimate of drug-likeness (QED) is 0.549. The number of allylic oxidation sites excluding steroid dienone is 4. The van der Waals surface area contributed by atoms with Crippen LogP contribution in [-0.4, -0.2) is 0 Å². The Balaban J connectivity index is 2.34. The standard InChI is InChI=1S/C9H15N3/c1-8-2-4-9(5-3-8)12-11-7-6-10/h2,4,6-7,11-12H,3,5,10H2,1H3/b7-6-. The van der Waals surface area contributed by atoms with Gasteiger partial charge in [0.1, 0.15) is 0 Å². The van der Waals surface area contributed by atoms with Gasteiger partial charge in [-0.05, 0) is 25.8 Å². The van der Waals surface area contributed by atoms with Gasteiger partial charge in [0, 0.05) is 18.1 Å². The Morgan fingerprint density at radius 3 is 2.83 bits per heavy atom. The molecule has 0 atom stereocenters. The van der Waals surface area contributed by atoms with Gasteiger partial charge < -0.3 is 16.6 Å². The fourth-order valence-corrected chi connectivity index (χ4v) is 1.03. The number of nitrogens with two attached hydrogens (primary N) is 1. The van der Waals surface area contributed by atoms with E-state index >= 15 is 0 Å². The van der Waals surface area contributed by atoms with Gasteiger partial charge in [0.2, 0.25) is 0 Å². The second-order valence-corrected chi connectivity index (χ2v) is 2.83. The summed E-state index contributed by atoms with van der Waals surface area (Å²) in [6, 6.07) is 0. The normalized spacial score (nSPS) is 17.1. The molecule has 3 nitrogen and oxygen atoms in total. The van der Waals surface area contributed by atoms with Crippen LogP contribution in [0.25, 0.3) is 0 Å². The molecule has 0 saturated heterocycles. The fraction of sp³-hybridized carbons (Fsp3) is 0.333. The van der Waals surface area contributed by atoms with Crippen molar-refractivity contribution >= 4 is 0 Å².